The first-order valence-electron chi connectivity index (χ1n) is 7.38. The lowest BCUT2D eigenvalue weighted by atomic mass is 9.84. The minimum Gasteiger partial charge on any atom is -0.337 e. The minimum absolute atomic E-state index is 0.187. The second-order valence-corrected chi connectivity index (χ2v) is 6.63. The van der Waals surface area contributed by atoms with E-state index in [1.54, 1.807) is 0 Å². The van der Waals surface area contributed by atoms with Crippen molar-refractivity contribution < 1.29 is 4.79 Å². The number of likely N-dealkylation sites (tertiary alicyclic amines) is 1. The summed E-state index contributed by atoms with van der Waals surface area (Å²) in [7, 11) is 0. The molecule has 1 saturated heterocycles. The highest BCUT2D eigenvalue weighted by Crippen LogP contribution is 2.28. The van der Waals surface area contributed by atoms with Gasteiger partial charge in [-0.05, 0) is 57.9 Å². The molecular formula is C15H30N2O. The van der Waals surface area contributed by atoms with Gasteiger partial charge in [-0.2, -0.15) is 0 Å². The zero-order valence-corrected chi connectivity index (χ0v) is 12.5. The van der Waals surface area contributed by atoms with Crippen LogP contribution in [0.15, 0.2) is 0 Å². The normalized spacial score (nSPS) is 25.3. The van der Waals surface area contributed by atoms with E-state index in [1.807, 2.05) is 0 Å². The average molecular weight is 254 g/mol. The Labute approximate surface area is 112 Å². The molecule has 0 spiro atoms. The SMILES string of the molecule is CC1CCCC(C)N1C(=O)CCC(C)(C)CCN. The summed E-state index contributed by atoms with van der Waals surface area (Å²) in [6.45, 7) is 9.47. The summed E-state index contributed by atoms with van der Waals surface area (Å²) >= 11 is 0. The maximum Gasteiger partial charge on any atom is 0.223 e. The van der Waals surface area contributed by atoms with Gasteiger partial charge in [0.05, 0.1) is 0 Å². The average Bonchev–Trinajstić information content (AvgIpc) is 2.26. The Hall–Kier alpha value is -0.570. The van der Waals surface area contributed by atoms with E-state index < -0.39 is 0 Å². The fourth-order valence-corrected chi connectivity index (χ4v) is 3.00. The zero-order valence-electron chi connectivity index (χ0n) is 12.5. The van der Waals surface area contributed by atoms with Gasteiger partial charge in [0.2, 0.25) is 5.91 Å². The molecule has 106 valence electrons. The molecule has 0 aliphatic carbocycles. The number of rotatable bonds is 5. The summed E-state index contributed by atoms with van der Waals surface area (Å²) in [6.07, 6.45) is 6.17. The molecule has 1 fully saturated rings. The third-order valence-electron chi connectivity index (χ3n) is 4.32. The van der Waals surface area contributed by atoms with Gasteiger partial charge in [-0.3, -0.25) is 4.79 Å². The van der Waals surface area contributed by atoms with E-state index >= 15 is 0 Å². The number of nitrogens with zero attached hydrogens (tertiary/aromatic N) is 1. The van der Waals surface area contributed by atoms with Crippen molar-refractivity contribution in [1.29, 1.82) is 0 Å². The predicted molar refractivity (Wildman–Crippen MR) is 76.3 cm³/mol. The van der Waals surface area contributed by atoms with Crippen molar-refractivity contribution in [2.75, 3.05) is 6.54 Å². The Kier molecular flexibility index (Phi) is 5.64. The molecule has 0 aromatic heterocycles. The van der Waals surface area contributed by atoms with Crippen molar-refractivity contribution in [1.82, 2.24) is 4.90 Å². The molecule has 2 atom stereocenters. The third-order valence-corrected chi connectivity index (χ3v) is 4.32. The van der Waals surface area contributed by atoms with Gasteiger partial charge in [0.15, 0.2) is 0 Å². The summed E-state index contributed by atoms with van der Waals surface area (Å²) < 4.78 is 0. The third kappa shape index (κ3) is 4.27. The molecular weight excluding hydrogens is 224 g/mol. The number of hydrogen-bond donors (Lipinski definition) is 1. The van der Waals surface area contributed by atoms with E-state index in [4.69, 9.17) is 5.73 Å². The lowest BCUT2D eigenvalue weighted by Crippen LogP contribution is -2.47. The quantitative estimate of drug-likeness (QED) is 0.820. The molecule has 0 saturated carbocycles. The minimum atomic E-state index is 0.187. The lowest BCUT2D eigenvalue weighted by Gasteiger charge is -2.39. The highest BCUT2D eigenvalue weighted by atomic mass is 16.2. The van der Waals surface area contributed by atoms with E-state index in [1.165, 1.54) is 6.42 Å². The summed E-state index contributed by atoms with van der Waals surface area (Å²) in [5, 5.41) is 0. The molecule has 1 rings (SSSR count). The molecule has 1 aliphatic heterocycles. The molecule has 1 aliphatic rings. The first-order valence-corrected chi connectivity index (χ1v) is 7.38. The maximum absolute atomic E-state index is 12.4. The molecule has 0 aromatic rings. The van der Waals surface area contributed by atoms with Crippen LogP contribution in [0.3, 0.4) is 0 Å². The zero-order chi connectivity index (χ0) is 13.8. The van der Waals surface area contributed by atoms with Gasteiger partial charge in [0.1, 0.15) is 0 Å². The smallest absolute Gasteiger partial charge is 0.223 e. The molecule has 0 bridgehead atoms. The topological polar surface area (TPSA) is 46.3 Å². The van der Waals surface area contributed by atoms with Crippen LogP contribution in [-0.2, 0) is 4.79 Å². The van der Waals surface area contributed by atoms with E-state index in [9.17, 15) is 4.79 Å². The molecule has 3 heteroatoms. The molecule has 0 radical (unpaired) electrons. The Morgan fingerprint density at radius 1 is 1.22 bits per heavy atom. The molecule has 2 N–H and O–H groups in total. The van der Waals surface area contributed by atoms with Gasteiger partial charge in [-0.15, -0.1) is 0 Å². The Balaban J connectivity index is 2.49. The van der Waals surface area contributed by atoms with Crippen molar-refractivity contribution in [3.05, 3.63) is 0 Å². The number of piperidine rings is 1. The van der Waals surface area contributed by atoms with Gasteiger partial charge < -0.3 is 10.6 Å². The second kappa shape index (κ2) is 6.55. The van der Waals surface area contributed by atoms with Gasteiger partial charge in [0, 0.05) is 18.5 Å². The molecule has 3 nitrogen and oxygen atoms in total. The van der Waals surface area contributed by atoms with Crippen LogP contribution in [0.1, 0.15) is 66.2 Å². The number of hydrogen-bond acceptors (Lipinski definition) is 2. The Bertz CT molecular complexity index is 266. The van der Waals surface area contributed by atoms with Crippen LogP contribution in [0.2, 0.25) is 0 Å². The standard InChI is InChI=1S/C15H30N2O/c1-12-6-5-7-13(2)17(12)14(18)8-9-15(3,4)10-11-16/h12-13H,5-11,16H2,1-4H3. The van der Waals surface area contributed by atoms with Crippen LogP contribution in [0.5, 0.6) is 0 Å². The fourth-order valence-electron chi connectivity index (χ4n) is 3.00. The number of carbonyl (C=O) groups is 1. The van der Waals surface area contributed by atoms with Gasteiger partial charge in [-0.25, -0.2) is 0 Å². The summed E-state index contributed by atoms with van der Waals surface area (Å²) in [5.74, 6) is 0.333. The monoisotopic (exact) mass is 254 g/mol. The molecule has 0 aromatic carbocycles. The molecule has 2 unspecified atom stereocenters. The van der Waals surface area contributed by atoms with Crippen LogP contribution in [0.25, 0.3) is 0 Å². The summed E-state index contributed by atoms with van der Waals surface area (Å²) in [6, 6.07) is 0.831. The van der Waals surface area contributed by atoms with Gasteiger partial charge >= 0.3 is 0 Å². The van der Waals surface area contributed by atoms with Gasteiger partial charge in [0.25, 0.3) is 0 Å². The first kappa shape index (κ1) is 15.5. The second-order valence-electron chi connectivity index (χ2n) is 6.63. The van der Waals surface area contributed by atoms with Crippen LogP contribution >= 0.6 is 0 Å². The fraction of sp³-hybridized carbons (Fsp3) is 0.933. The first-order chi connectivity index (χ1) is 8.37. The highest BCUT2D eigenvalue weighted by molar-refractivity contribution is 5.77. The van der Waals surface area contributed by atoms with Crippen molar-refractivity contribution >= 4 is 5.91 Å². The van der Waals surface area contributed by atoms with Crippen molar-refractivity contribution in [3.8, 4) is 0 Å². The Morgan fingerprint density at radius 2 is 1.78 bits per heavy atom. The van der Waals surface area contributed by atoms with E-state index in [0.717, 1.165) is 25.7 Å². The lowest BCUT2D eigenvalue weighted by molar-refractivity contribution is -0.137. The van der Waals surface area contributed by atoms with Gasteiger partial charge in [-0.1, -0.05) is 13.8 Å². The Morgan fingerprint density at radius 3 is 2.28 bits per heavy atom. The van der Waals surface area contributed by atoms with E-state index in [0.29, 0.717) is 31.0 Å². The van der Waals surface area contributed by atoms with Crippen LogP contribution < -0.4 is 5.73 Å². The number of amides is 1. The summed E-state index contributed by atoms with van der Waals surface area (Å²) in [4.78, 5) is 14.5. The largest absolute Gasteiger partial charge is 0.337 e. The number of carbonyl (C=O) groups excluding carboxylic acids is 1. The number of nitrogens with two attached hydrogens (primary N) is 1. The molecule has 1 amide bonds. The van der Waals surface area contributed by atoms with Crippen LogP contribution in [0.4, 0.5) is 0 Å². The van der Waals surface area contributed by atoms with Crippen molar-refractivity contribution in [2.45, 2.75) is 78.3 Å². The van der Waals surface area contributed by atoms with Crippen LogP contribution in [-0.4, -0.2) is 29.4 Å². The van der Waals surface area contributed by atoms with E-state index in [2.05, 4.69) is 32.6 Å². The predicted octanol–water partition coefficient (Wildman–Crippen LogP) is 2.93. The van der Waals surface area contributed by atoms with Crippen molar-refractivity contribution in [2.24, 2.45) is 11.1 Å². The van der Waals surface area contributed by atoms with Crippen LogP contribution in [0, 0.1) is 5.41 Å². The maximum atomic E-state index is 12.4. The summed E-state index contributed by atoms with van der Waals surface area (Å²) in [5.41, 5.74) is 5.80. The van der Waals surface area contributed by atoms with E-state index in [-0.39, 0.29) is 5.41 Å². The van der Waals surface area contributed by atoms with Crippen molar-refractivity contribution in [3.63, 3.8) is 0 Å². The highest BCUT2D eigenvalue weighted by Gasteiger charge is 2.29. The molecule has 1 heterocycles. The molecule has 18 heavy (non-hydrogen) atoms.